The molecule has 0 saturated carbocycles. The van der Waals surface area contributed by atoms with E-state index in [1.54, 1.807) is 6.20 Å². The first-order valence-corrected chi connectivity index (χ1v) is 30.0. The largest absolute Gasteiger partial charge is 0.481 e. The smallest absolute Gasteiger partial charge is 0.326 e. The number of carbonyl (C=O) groups is 9. The summed E-state index contributed by atoms with van der Waals surface area (Å²) in [4.78, 5) is 116. The molecule has 1 aliphatic rings. The van der Waals surface area contributed by atoms with Crippen LogP contribution in [-0.4, -0.2) is 175 Å². The molecule has 2 rings (SSSR count). The van der Waals surface area contributed by atoms with Crippen molar-refractivity contribution in [2.75, 3.05) is 79.0 Å². The first kappa shape index (κ1) is 73.8. The van der Waals surface area contributed by atoms with Crippen molar-refractivity contribution in [3.8, 4) is 0 Å². The Labute approximate surface area is 481 Å². The third kappa shape index (κ3) is 41.4. The number of aliphatic carboxylic acids is 2. The highest BCUT2D eigenvalue weighted by molar-refractivity contribution is 5.88. The highest BCUT2D eigenvalue weighted by Gasteiger charge is 2.32. The SMILES string of the molecule is CCCC(=O)CC[C@H](NC(=O)CCCCCCCCCCCCCCCCC(=O)O)C(=O)O.CCOCCOCC(=O)NCCOCCOCC(=O)NCCCC[C@H](CCC(=O)[C@@H](N)Cc1cnc[nH]1)C(=O)CN1CCCC1C(N)=O. The minimum atomic E-state index is -1.08. The maximum atomic E-state index is 13.3. The van der Waals surface area contributed by atoms with Crippen molar-refractivity contribution in [3.63, 3.8) is 0 Å². The maximum Gasteiger partial charge on any atom is 0.326 e. The van der Waals surface area contributed by atoms with Gasteiger partial charge in [-0.3, -0.25) is 43.3 Å². The lowest BCUT2D eigenvalue weighted by atomic mass is 9.89. The van der Waals surface area contributed by atoms with Crippen LogP contribution in [-0.2, 0) is 68.5 Å². The summed E-state index contributed by atoms with van der Waals surface area (Å²) in [6.45, 7) is 7.36. The van der Waals surface area contributed by atoms with Crippen LogP contribution >= 0.6 is 0 Å². The first-order valence-electron chi connectivity index (χ1n) is 30.0. The van der Waals surface area contributed by atoms with E-state index in [2.05, 4.69) is 25.9 Å². The van der Waals surface area contributed by atoms with Crippen LogP contribution in [0.5, 0.6) is 0 Å². The topological polar surface area (TPSA) is 351 Å². The Morgan fingerprint density at radius 1 is 0.654 bits per heavy atom. The molecule has 1 saturated heterocycles. The number of rotatable bonds is 53. The number of Topliss-reactive ketones (excluding diaryl/α,β-unsaturated/α-hetero) is 3. The Hall–Kier alpha value is -5.20. The molecule has 1 fully saturated rings. The number of carboxylic acids is 2. The second-order valence-electron chi connectivity index (χ2n) is 20.8. The van der Waals surface area contributed by atoms with Crippen LogP contribution in [0.1, 0.15) is 193 Å². The molecule has 1 aliphatic heterocycles. The number of ketones is 3. The summed E-state index contributed by atoms with van der Waals surface area (Å²) < 4.78 is 21.0. The number of amides is 4. The van der Waals surface area contributed by atoms with Crippen molar-refractivity contribution in [1.82, 2.24) is 30.8 Å². The molecular formula is C58H102N8O15. The van der Waals surface area contributed by atoms with Gasteiger partial charge in [-0.25, -0.2) is 9.78 Å². The summed E-state index contributed by atoms with van der Waals surface area (Å²) in [5.74, 6) is -3.43. The molecule has 4 amide bonds. The Bertz CT molecular complexity index is 1890. The second kappa shape index (κ2) is 49.4. The summed E-state index contributed by atoms with van der Waals surface area (Å²) in [5.41, 5.74) is 12.4. The highest BCUT2D eigenvalue weighted by atomic mass is 16.5. The lowest BCUT2D eigenvalue weighted by Gasteiger charge is -2.24. The molecule has 23 nitrogen and oxygen atoms in total. The third-order valence-electron chi connectivity index (χ3n) is 13.9. The molecule has 464 valence electrons. The maximum absolute atomic E-state index is 13.3. The van der Waals surface area contributed by atoms with Gasteiger partial charge >= 0.3 is 11.9 Å². The lowest BCUT2D eigenvalue weighted by molar-refractivity contribution is -0.142. The number of hydrogen-bond donors (Lipinski definition) is 8. The van der Waals surface area contributed by atoms with E-state index in [1.807, 2.05) is 18.7 Å². The fourth-order valence-electron chi connectivity index (χ4n) is 9.22. The zero-order valence-corrected chi connectivity index (χ0v) is 49.0. The fourth-order valence-corrected chi connectivity index (χ4v) is 9.22. The van der Waals surface area contributed by atoms with Gasteiger partial charge in [-0.1, -0.05) is 90.4 Å². The van der Waals surface area contributed by atoms with Crippen LogP contribution in [0, 0.1) is 5.92 Å². The molecule has 4 atom stereocenters. The summed E-state index contributed by atoms with van der Waals surface area (Å²) in [7, 11) is 0. The van der Waals surface area contributed by atoms with Gasteiger partial charge in [0.05, 0.1) is 58.0 Å². The van der Waals surface area contributed by atoms with Crippen molar-refractivity contribution in [1.29, 1.82) is 0 Å². The number of unbranched alkanes of at least 4 members (excludes halogenated alkanes) is 14. The Morgan fingerprint density at radius 2 is 1.23 bits per heavy atom. The predicted octanol–water partition coefficient (Wildman–Crippen LogP) is 5.28. The van der Waals surface area contributed by atoms with Gasteiger partial charge in [-0.05, 0) is 71.3 Å². The van der Waals surface area contributed by atoms with Gasteiger partial charge in [0.1, 0.15) is 36.6 Å². The van der Waals surface area contributed by atoms with E-state index in [-0.39, 0.29) is 93.2 Å². The van der Waals surface area contributed by atoms with E-state index in [1.165, 1.54) is 57.7 Å². The van der Waals surface area contributed by atoms with E-state index in [0.717, 1.165) is 57.1 Å². The molecule has 2 heterocycles. The number of hydrogen-bond acceptors (Lipinski definition) is 16. The van der Waals surface area contributed by atoms with Gasteiger partial charge in [0.2, 0.25) is 23.6 Å². The summed E-state index contributed by atoms with van der Waals surface area (Å²) in [6.07, 6.45) is 25.2. The first-order chi connectivity index (χ1) is 39.1. The monoisotopic (exact) mass is 1150 g/mol. The zero-order chi connectivity index (χ0) is 59.7. The summed E-state index contributed by atoms with van der Waals surface area (Å²) in [5, 5.41) is 25.9. The number of carbonyl (C=O) groups excluding carboxylic acids is 7. The standard InChI is InChI=1S/C32H55N7O9.C26H47NO6/c1-2-45-14-16-47-22-31(43)37-11-13-46-15-17-48-21-30(42)36-10-4-3-6-24(29(41)20-39-12-5-7-27(39)32(34)44)8-9-28(40)26(33)18-25-19-35-23-38-25;1-2-17-22(28)20-21-23(26(32)33)27-24(29)18-15-13-11-9-7-5-3-4-6-8-10-12-14-16-19-25(30)31/h19,23-24,26-27H,2-18,20-22,33H2,1H3,(H2,34,44)(H,35,38)(H,36,42)(H,37,43);23H,2-21H2,1H3,(H,27,29)(H,30,31)(H,32,33)/t24-,26+,27?;23-/m10/s1. The normalized spacial score (nSPS) is 14.3. The van der Waals surface area contributed by atoms with Crippen LogP contribution < -0.4 is 27.4 Å². The van der Waals surface area contributed by atoms with Gasteiger partial charge in [-0.15, -0.1) is 0 Å². The molecule has 81 heavy (non-hydrogen) atoms. The second-order valence-corrected chi connectivity index (χ2v) is 20.8. The number of aromatic amines is 1. The highest BCUT2D eigenvalue weighted by Crippen LogP contribution is 2.22. The van der Waals surface area contributed by atoms with Crippen LogP contribution in [0.25, 0.3) is 0 Å². The molecule has 0 aliphatic carbocycles. The summed E-state index contributed by atoms with van der Waals surface area (Å²) >= 11 is 0. The molecule has 23 heteroatoms. The number of aromatic nitrogens is 2. The van der Waals surface area contributed by atoms with Gasteiger partial charge in [-0.2, -0.15) is 0 Å². The van der Waals surface area contributed by atoms with Gasteiger partial charge in [0, 0.05) is 76.0 Å². The van der Waals surface area contributed by atoms with Crippen molar-refractivity contribution < 1.29 is 72.3 Å². The average Bonchev–Trinajstić information content (AvgIpc) is 4.14. The van der Waals surface area contributed by atoms with Crippen molar-refractivity contribution in [2.24, 2.45) is 17.4 Å². The van der Waals surface area contributed by atoms with Crippen LogP contribution in [0.3, 0.4) is 0 Å². The number of nitrogens with two attached hydrogens (primary N) is 2. The van der Waals surface area contributed by atoms with E-state index < -0.39 is 36.0 Å². The third-order valence-corrected chi connectivity index (χ3v) is 13.9. The minimum Gasteiger partial charge on any atom is -0.481 e. The number of primary amides is 1. The van der Waals surface area contributed by atoms with E-state index in [9.17, 15) is 48.3 Å². The fraction of sp³-hybridized carbons (Fsp3) is 0.793. The van der Waals surface area contributed by atoms with E-state index in [0.29, 0.717) is 104 Å². The van der Waals surface area contributed by atoms with Crippen molar-refractivity contribution in [3.05, 3.63) is 18.2 Å². The van der Waals surface area contributed by atoms with Crippen LogP contribution in [0.15, 0.2) is 12.5 Å². The quantitative estimate of drug-likeness (QED) is 0.0384. The molecule has 10 N–H and O–H groups in total. The number of imidazole rings is 1. The van der Waals surface area contributed by atoms with Crippen molar-refractivity contribution >= 4 is 52.9 Å². The molecule has 0 aromatic carbocycles. The predicted molar refractivity (Wildman–Crippen MR) is 306 cm³/mol. The van der Waals surface area contributed by atoms with Crippen molar-refractivity contribution in [2.45, 2.75) is 212 Å². The molecule has 0 radical (unpaired) electrons. The number of nitrogens with zero attached hydrogens (tertiary/aromatic N) is 2. The number of likely N-dealkylation sites (tertiary alicyclic amines) is 1. The Kier molecular flexibility index (Phi) is 45.0. The van der Waals surface area contributed by atoms with Gasteiger partial charge < -0.3 is 61.6 Å². The number of H-pyrrole nitrogens is 1. The zero-order valence-electron chi connectivity index (χ0n) is 49.0. The summed E-state index contributed by atoms with van der Waals surface area (Å²) in [6, 6.07) is -2.12. The molecule has 0 spiro atoms. The minimum absolute atomic E-state index is 0.0255. The molecule has 1 aromatic rings. The average molecular weight is 1150 g/mol. The van der Waals surface area contributed by atoms with Crippen LogP contribution in [0.2, 0.25) is 0 Å². The van der Waals surface area contributed by atoms with Gasteiger partial charge in [0.25, 0.3) is 0 Å². The molecule has 1 unspecified atom stereocenters. The Morgan fingerprint density at radius 3 is 1.79 bits per heavy atom. The molecule has 0 bridgehead atoms. The number of nitrogens with one attached hydrogen (secondary N) is 4. The number of ether oxygens (including phenoxy) is 4. The van der Waals surface area contributed by atoms with Crippen LogP contribution in [0.4, 0.5) is 0 Å². The Balaban J connectivity index is 0.000000871. The molecule has 1 aromatic heterocycles. The lowest BCUT2D eigenvalue weighted by Crippen LogP contribution is -2.44. The van der Waals surface area contributed by atoms with Gasteiger partial charge in [0.15, 0.2) is 0 Å². The van der Waals surface area contributed by atoms with E-state index in [4.69, 9.17) is 35.5 Å². The number of carboxylic acid groups (broad SMARTS) is 2. The van der Waals surface area contributed by atoms with E-state index >= 15 is 0 Å². The molecular weight excluding hydrogens is 1050 g/mol.